The summed E-state index contributed by atoms with van der Waals surface area (Å²) in [6.07, 6.45) is 5.60. The molecule has 7 heteroatoms. The van der Waals surface area contributed by atoms with Crippen molar-refractivity contribution in [1.82, 2.24) is 14.9 Å². The number of benzene rings is 3. The predicted octanol–water partition coefficient (Wildman–Crippen LogP) is 5.92. The van der Waals surface area contributed by atoms with Gasteiger partial charge in [-0.05, 0) is 73.7 Å². The quantitative estimate of drug-likeness (QED) is 0.259. The van der Waals surface area contributed by atoms with E-state index >= 15 is 0 Å². The van der Waals surface area contributed by atoms with Crippen LogP contribution in [0.1, 0.15) is 47.4 Å². The van der Waals surface area contributed by atoms with Crippen molar-refractivity contribution < 1.29 is 9.59 Å². The fourth-order valence-electron chi connectivity index (χ4n) is 5.00. The first-order valence-electron chi connectivity index (χ1n) is 13.0. The zero-order chi connectivity index (χ0) is 25.6. The Morgan fingerprint density at radius 2 is 1.70 bits per heavy atom. The zero-order valence-electron chi connectivity index (χ0n) is 20.8. The Hall–Kier alpha value is -3.45. The van der Waals surface area contributed by atoms with Crippen LogP contribution >= 0.6 is 15.9 Å². The number of aromatic nitrogens is 2. The van der Waals surface area contributed by atoms with Gasteiger partial charge in [-0.3, -0.25) is 9.59 Å². The van der Waals surface area contributed by atoms with E-state index in [0.29, 0.717) is 12.1 Å². The Morgan fingerprint density at radius 3 is 2.57 bits per heavy atom. The number of rotatable bonds is 9. The van der Waals surface area contributed by atoms with Gasteiger partial charge in [-0.25, -0.2) is 4.98 Å². The molecular formula is C30H31BrN4O2. The lowest BCUT2D eigenvalue weighted by Gasteiger charge is -2.29. The number of carbonyl (C=O) groups excluding carboxylic acids is 2. The van der Waals surface area contributed by atoms with Gasteiger partial charge in [0.05, 0.1) is 11.0 Å². The van der Waals surface area contributed by atoms with E-state index < -0.39 is 0 Å². The number of nitrogens with one attached hydrogen (secondary N) is 1. The van der Waals surface area contributed by atoms with Crippen LogP contribution < -0.4 is 10.2 Å². The molecule has 1 aliphatic rings. The molecule has 0 spiro atoms. The van der Waals surface area contributed by atoms with Gasteiger partial charge in [0.2, 0.25) is 5.91 Å². The Morgan fingerprint density at radius 1 is 0.919 bits per heavy atom. The molecule has 0 aliphatic carbocycles. The summed E-state index contributed by atoms with van der Waals surface area (Å²) in [7, 11) is 0. The molecule has 0 bridgehead atoms. The number of unbranched alkanes of at least 4 members (excludes halogenated alkanes) is 2. The van der Waals surface area contributed by atoms with E-state index in [1.807, 2.05) is 65.6 Å². The number of nitrogens with zero attached hydrogens (tertiary/aromatic N) is 3. The van der Waals surface area contributed by atoms with Crippen LogP contribution in [0.3, 0.4) is 0 Å². The highest BCUT2D eigenvalue weighted by molar-refractivity contribution is 9.10. The topological polar surface area (TPSA) is 67.2 Å². The second kappa shape index (κ2) is 11.7. The largest absolute Gasteiger partial charge is 0.352 e. The second-order valence-corrected chi connectivity index (χ2v) is 10.4. The molecule has 1 aliphatic heterocycles. The predicted molar refractivity (Wildman–Crippen MR) is 151 cm³/mol. The Bertz CT molecular complexity index is 1400. The van der Waals surface area contributed by atoms with E-state index in [-0.39, 0.29) is 18.4 Å². The molecule has 4 aromatic rings. The molecule has 0 atom stereocenters. The van der Waals surface area contributed by atoms with Crippen LogP contribution in [0.2, 0.25) is 0 Å². The number of hydrogen-bond donors (Lipinski definition) is 1. The minimum Gasteiger partial charge on any atom is -0.352 e. The fraction of sp³-hybridized carbons (Fsp3) is 0.300. The van der Waals surface area contributed by atoms with Crippen molar-refractivity contribution in [3.05, 3.63) is 94.2 Å². The summed E-state index contributed by atoms with van der Waals surface area (Å²) >= 11 is 3.39. The Labute approximate surface area is 225 Å². The van der Waals surface area contributed by atoms with Crippen molar-refractivity contribution in [2.24, 2.45) is 0 Å². The molecule has 2 amide bonds. The number of imidazole rings is 1. The first-order valence-corrected chi connectivity index (χ1v) is 13.8. The van der Waals surface area contributed by atoms with Gasteiger partial charge in [0, 0.05) is 35.2 Å². The number of hydrogen-bond acceptors (Lipinski definition) is 3. The van der Waals surface area contributed by atoms with Crippen molar-refractivity contribution in [3.63, 3.8) is 0 Å². The molecule has 6 nitrogen and oxygen atoms in total. The number of para-hydroxylation sites is 3. The SMILES string of the molecule is O=C(NCCCCCc1nc2ccccc2n1CC(=O)N1CCCc2ccccc21)c1ccc(Br)cc1. The van der Waals surface area contributed by atoms with Gasteiger partial charge in [-0.2, -0.15) is 0 Å². The maximum Gasteiger partial charge on any atom is 0.251 e. The molecule has 0 saturated carbocycles. The summed E-state index contributed by atoms with van der Waals surface area (Å²) in [5, 5.41) is 3.00. The number of carbonyl (C=O) groups is 2. The van der Waals surface area contributed by atoms with Gasteiger partial charge in [0.25, 0.3) is 5.91 Å². The van der Waals surface area contributed by atoms with Crippen molar-refractivity contribution >= 4 is 44.5 Å². The maximum atomic E-state index is 13.5. The molecule has 2 heterocycles. The van der Waals surface area contributed by atoms with Gasteiger partial charge in [-0.15, -0.1) is 0 Å². The number of aryl methyl sites for hydroxylation is 2. The fourth-order valence-corrected chi connectivity index (χ4v) is 5.26. The minimum atomic E-state index is -0.0490. The van der Waals surface area contributed by atoms with Gasteiger partial charge >= 0.3 is 0 Å². The van der Waals surface area contributed by atoms with Crippen LogP contribution in [0.25, 0.3) is 11.0 Å². The summed E-state index contributed by atoms with van der Waals surface area (Å²) in [5.74, 6) is 0.998. The summed E-state index contributed by atoms with van der Waals surface area (Å²) in [6.45, 7) is 1.68. The first-order chi connectivity index (χ1) is 18.1. The lowest BCUT2D eigenvalue weighted by Crippen LogP contribution is -2.38. The molecule has 0 unspecified atom stereocenters. The van der Waals surface area contributed by atoms with Crippen molar-refractivity contribution in [1.29, 1.82) is 0 Å². The van der Waals surface area contributed by atoms with Crippen molar-refractivity contribution in [2.45, 2.75) is 45.1 Å². The normalized spacial score (nSPS) is 12.9. The van der Waals surface area contributed by atoms with E-state index in [1.165, 1.54) is 5.56 Å². The number of amides is 2. The summed E-state index contributed by atoms with van der Waals surface area (Å²) in [4.78, 5) is 32.6. The highest BCUT2D eigenvalue weighted by atomic mass is 79.9. The third kappa shape index (κ3) is 5.93. The summed E-state index contributed by atoms with van der Waals surface area (Å²) in [6, 6.07) is 23.6. The molecule has 0 radical (unpaired) electrons. The van der Waals surface area contributed by atoms with Crippen LogP contribution in [0.4, 0.5) is 5.69 Å². The van der Waals surface area contributed by atoms with E-state index in [2.05, 4.69) is 37.9 Å². The van der Waals surface area contributed by atoms with E-state index in [1.54, 1.807) is 0 Å². The lowest BCUT2D eigenvalue weighted by molar-refractivity contribution is -0.119. The van der Waals surface area contributed by atoms with Gasteiger partial charge < -0.3 is 14.8 Å². The van der Waals surface area contributed by atoms with Crippen molar-refractivity contribution in [2.75, 3.05) is 18.0 Å². The van der Waals surface area contributed by atoms with Gasteiger partial charge in [0.1, 0.15) is 12.4 Å². The number of fused-ring (bicyclic) bond motifs is 2. The molecule has 190 valence electrons. The van der Waals surface area contributed by atoms with Crippen LogP contribution in [-0.2, 0) is 24.2 Å². The van der Waals surface area contributed by atoms with Crippen LogP contribution in [0, 0.1) is 0 Å². The molecule has 5 rings (SSSR count). The van der Waals surface area contributed by atoms with Crippen LogP contribution in [-0.4, -0.2) is 34.5 Å². The third-order valence-corrected chi connectivity index (χ3v) is 7.44. The average Bonchev–Trinajstić information content (AvgIpc) is 3.27. The molecule has 0 saturated heterocycles. The average molecular weight is 560 g/mol. The van der Waals surface area contributed by atoms with Gasteiger partial charge in [0.15, 0.2) is 0 Å². The van der Waals surface area contributed by atoms with Crippen LogP contribution in [0.15, 0.2) is 77.3 Å². The minimum absolute atomic E-state index is 0.0490. The highest BCUT2D eigenvalue weighted by Crippen LogP contribution is 2.27. The molecule has 3 aromatic carbocycles. The molecule has 1 aromatic heterocycles. The van der Waals surface area contributed by atoms with E-state index in [9.17, 15) is 9.59 Å². The van der Waals surface area contributed by atoms with Gasteiger partial charge in [-0.1, -0.05) is 52.7 Å². The van der Waals surface area contributed by atoms with E-state index in [4.69, 9.17) is 4.98 Å². The molecule has 37 heavy (non-hydrogen) atoms. The monoisotopic (exact) mass is 558 g/mol. The molecule has 0 fully saturated rings. The number of anilines is 1. The first kappa shape index (κ1) is 25.2. The number of halogens is 1. The standard InChI is InChI=1S/C30H31BrN4O2/c31-24-17-15-23(16-18-24)30(37)32-19-7-1-2-14-28-33-25-11-4-6-13-27(25)35(28)21-29(36)34-20-8-10-22-9-3-5-12-26(22)34/h3-6,9,11-13,15-18H,1-2,7-8,10,14,19-21H2,(H,32,37). The van der Waals surface area contributed by atoms with Crippen LogP contribution in [0.5, 0.6) is 0 Å². The van der Waals surface area contributed by atoms with E-state index in [0.717, 1.165) is 72.1 Å². The van der Waals surface area contributed by atoms with Crippen molar-refractivity contribution in [3.8, 4) is 0 Å². The third-order valence-electron chi connectivity index (χ3n) is 6.91. The highest BCUT2D eigenvalue weighted by Gasteiger charge is 2.23. The molecule has 1 N–H and O–H groups in total. The second-order valence-electron chi connectivity index (χ2n) is 9.45. The summed E-state index contributed by atoms with van der Waals surface area (Å²) in [5.41, 5.74) is 4.86. The Balaban J connectivity index is 1.19. The summed E-state index contributed by atoms with van der Waals surface area (Å²) < 4.78 is 3.04. The zero-order valence-corrected chi connectivity index (χ0v) is 22.4. The lowest BCUT2D eigenvalue weighted by atomic mass is 10.0. The maximum absolute atomic E-state index is 13.5. The molecular weight excluding hydrogens is 528 g/mol. The Kier molecular flexibility index (Phi) is 7.99. The smallest absolute Gasteiger partial charge is 0.251 e.